The largest absolute Gasteiger partial charge is 0.345 e. The fourth-order valence-corrected chi connectivity index (χ4v) is 3.84. The summed E-state index contributed by atoms with van der Waals surface area (Å²) in [7, 11) is 0. The Morgan fingerprint density at radius 2 is 1.80 bits per heavy atom. The van der Waals surface area contributed by atoms with E-state index in [2.05, 4.69) is 60.5 Å². The second kappa shape index (κ2) is 5.53. The summed E-state index contributed by atoms with van der Waals surface area (Å²) in [4.78, 5) is 8.20. The van der Waals surface area contributed by atoms with Crippen LogP contribution in [0.1, 0.15) is 77.7 Å². The van der Waals surface area contributed by atoms with Crippen molar-refractivity contribution in [2.75, 3.05) is 0 Å². The van der Waals surface area contributed by atoms with E-state index in [4.69, 9.17) is 12.2 Å². The number of aromatic nitrogens is 2. The van der Waals surface area contributed by atoms with Crippen molar-refractivity contribution in [1.29, 1.82) is 0 Å². The maximum Gasteiger partial charge on any atom is 0.144 e. The molecule has 1 aromatic rings. The van der Waals surface area contributed by atoms with E-state index in [1.165, 1.54) is 25.7 Å². The molecule has 0 aromatic carbocycles. The molecule has 0 atom stereocenters. The average molecular weight is 357 g/mol. The van der Waals surface area contributed by atoms with E-state index in [-0.39, 0.29) is 5.41 Å². The van der Waals surface area contributed by atoms with Gasteiger partial charge in [-0.3, -0.25) is 0 Å². The predicted molar refractivity (Wildman–Crippen MR) is 90.8 cm³/mol. The number of halogens is 1. The summed E-state index contributed by atoms with van der Waals surface area (Å²) in [5.74, 6) is 1.61. The van der Waals surface area contributed by atoms with Crippen molar-refractivity contribution < 1.29 is 0 Å². The number of hydrogen-bond acceptors (Lipinski definition) is 2. The summed E-state index contributed by atoms with van der Waals surface area (Å²) in [5.41, 5.74) is 1.69. The minimum Gasteiger partial charge on any atom is -0.345 e. The molecule has 1 aliphatic rings. The van der Waals surface area contributed by atoms with Gasteiger partial charge in [-0.05, 0) is 47.0 Å². The van der Waals surface area contributed by atoms with Crippen LogP contribution in [0.5, 0.6) is 0 Å². The van der Waals surface area contributed by atoms with Crippen LogP contribution in [0.15, 0.2) is 4.47 Å². The van der Waals surface area contributed by atoms with Gasteiger partial charge >= 0.3 is 0 Å². The minimum atomic E-state index is 0.0397. The number of hydrogen-bond donors (Lipinski definition) is 1. The molecule has 1 aromatic heterocycles. The first-order valence-electron chi connectivity index (χ1n) is 7.40. The highest BCUT2D eigenvalue weighted by Crippen LogP contribution is 2.42. The molecule has 0 bridgehead atoms. The van der Waals surface area contributed by atoms with Crippen molar-refractivity contribution in [2.45, 2.75) is 71.6 Å². The van der Waals surface area contributed by atoms with Crippen LogP contribution < -0.4 is 0 Å². The van der Waals surface area contributed by atoms with Gasteiger partial charge in [0, 0.05) is 17.0 Å². The summed E-state index contributed by atoms with van der Waals surface area (Å²) in [6, 6.07) is 0. The van der Waals surface area contributed by atoms with Crippen LogP contribution >= 0.6 is 28.1 Å². The van der Waals surface area contributed by atoms with Gasteiger partial charge in [-0.25, -0.2) is 4.98 Å². The Hall–Kier alpha value is -0.220. The number of nitrogens with one attached hydrogen (secondary N) is 1. The molecule has 1 N–H and O–H groups in total. The van der Waals surface area contributed by atoms with Crippen molar-refractivity contribution in [2.24, 2.45) is 5.41 Å². The molecular weight excluding hydrogens is 332 g/mol. The zero-order chi connectivity index (χ0) is 15.1. The molecule has 2 nitrogen and oxygen atoms in total. The first-order valence-corrected chi connectivity index (χ1v) is 8.60. The molecule has 112 valence electrons. The predicted octanol–water partition coefficient (Wildman–Crippen LogP) is 5.88. The fraction of sp³-hybridized carbons (Fsp3) is 0.750. The van der Waals surface area contributed by atoms with Gasteiger partial charge in [-0.1, -0.05) is 46.8 Å². The van der Waals surface area contributed by atoms with Crippen LogP contribution in [0.2, 0.25) is 0 Å². The van der Waals surface area contributed by atoms with Crippen LogP contribution in [0.25, 0.3) is 0 Å². The van der Waals surface area contributed by atoms with Crippen LogP contribution in [0.3, 0.4) is 0 Å². The van der Waals surface area contributed by atoms with E-state index in [0.717, 1.165) is 16.0 Å². The first-order chi connectivity index (χ1) is 9.10. The zero-order valence-electron chi connectivity index (χ0n) is 13.1. The Morgan fingerprint density at radius 3 is 2.30 bits per heavy atom. The van der Waals surface area contributed by atoms with Gasteiger partial charge in [0.25, 0.3) is 0 Å². The summed E-state index contributed by atoms with van der Waals surface area (Å²) in [6.07, 6.45) is 4.94. The summed E-state index contributed by atoms with van der Waals surface area (Å²) in [6.45, 7) is 11.3. The molecule has 4 heteroatoms. The lowest BCUT2D eigenvalue weighted by Crippen LogP contribution is -2.23. The van der Waals surface area contributed by atoms with Gasteiger partial charge < -0.3 is 4.98 Å². The molecule has 2 rings (SSSR count). The van der Waals surface area contributed by atoms with Gasteiger partial charge in [0.1, 0.15) is 10.5 Å². The summed E-state index contributed by atoms with van der Waals surface area (Å²) < 4.78 is 1.63. The van der Waals surface area contributed by atoms with Crippen molar-refractivity contribution in [3.8, 4) is 0 Å². The maximum atomic E-state index is 5.43. The topological polar surface area (TPSA) is 28.7 Å². The third kappa shape index (κ3) is 3.51. The molecule has 20 heavy (non-hydrogen) atoms. The molecule has 0 saturated heterocycles. The standard InChI is InChI=1S/C16H25BrN2S/c1-15(2,3)12-11(17)14(20)19-13(18-12)10-6-8-16(4,5)9-7-10/h10H,6-9H2,1-5H3,(H,18,19,20). The minimum absolute atomic E-state index is 0.0397. The number of nitrogens with zero attached hydrogens (tertiary/aromatic N) is 1. The monoisotopic (exact) mass is 356 g/mol. The van der Waals surface area contributed by atoms with E-state index >= 15 is 0 Å². The van der Waals surface area contributed by atoms with E-state index in [1.54, 1.807) is 0 Å². The van der Waals surface area contributed by atoms with Crippen molar-refractivity contribution in [1.82, 2.24) is 9.97 Å². The lowest BCUT2D eigenvalue weighted by Gasteiger charge is -2.34. The molecular formula is C16H25BrN2S. The Kier molecular flexibility index (Phi) is 4.46. The Morgan fingerprint density at radius 1 is 1.25 bits per heavy atom. The van der Waals surface area contributed by atoms with Crippen LogP contribution in [0.4, 0.5) is 0 Å². The molecule has 0 radical (unpaired) electrons. The number of aromatic amines is 1. The maximum absolute atomic E-state index is 5.43. The SMILES string of the molecule is CC1(C)CCC(c2nc(=S)c(Br)c(C(C)(C)C)[nH]2)CC1. The Balaban J connectivity index is 2.35. The molecule has 0 spiro atoms. The van der Waals surface area contributed by atoms with Crippen molar-refractivity contribution in [3.63, 3.8) is 0 Å². The molecule has 1 saturated carbocycles. The Bertz CT molecular complexity index is 545. The van der Waals surface area contributed by atoms with Crippen molar-refractivity contribution in [3.05, 3.63) is 20.6 Å². The van der Waals surface area contributed by atoms with Crippen LogP contribution in [-0.2, 0) is 5.41 Å². The average Bonchev–Trinajstić information content (AvgIpc) is 2.31. The van der Waals surface area contributed by atoms with Crippen LogP contribution in [-0.4, -0.2) is 9.97 Å². The fourth-order valence-electron chi connectivity index (χ4n) is 2.86. The summed E-state index contributed by atoms with van der Waals surface area (Å²) in [5, 5.41) is 0. The zero-order valence-corrected chi connectivity index (χ0v) is 15.5. The Labute approximate surface area is 135 Å². The molecule has 1 fully saturated rings. The van der Waals surface area contributed by atoms with E-state index in [0.29, 0.717) is 16.0 Å². The summed E-state index contributed by atoms with van der Waals surface area (Å²) >= 11 is 9.03. The molecule has 1 aliphatic carbocycles. The highest BCUT2D eigenvalue weighted by molar-refractivity contribution is 9.10. The van der Waals surface area contributed by atoms with Gasteiger partial charge in [0.2, 0.25) is 0 Å². The normalized spacial score (nSPS) is 20.1. The van der Waals surface area contributed by atoms with Gasteiger partial charge in [-0.2, -0.15) is 0 Å². The van der Waals surface area contributed by atoms with Gasteiger partial charge in [0.05, 0.1) is 4.47 Å². The van der Waals surface area contributed by atoms with Gasteiger partial charge in [0.15, 0.2) is 0 Å². The van der Waals surface area contributed by atoms with Crippen LogP contribution in [0, 0.1) is 10.1 Å². The third-order valence-electron chi connectivity index (χ3n) is 4.36. The van der Waals surface area contributed by atoms with E-state index in [9.17, 15) is 0 Å². The molecule has 1 heterocycles. The third-order valence-corrected chi connectivity index (χ3v) is 5.69. The quantitative estimate of drug-likeness (QED) is 0.636. The number of rotatable bonds is 1. The second-order valence-electron chi connectivity index (χ2n) is 7.80. The first kappa shape index (κ1) is 16.2. The lowest BCUT2D eigenvalue weighted by atomic mass is 9.73. The van der Waals surface area contributed by atoms with Gasteiger partial charge in [-0.15, -0.1) is 0 Å². The molecule has 0 aliphatic heterocycles. The smallest absolute Gasteiger partial charge is 0.144 e. The molecule has 0 unspecified atom stereocenters. The highest BCUT2D eigenvalue weighted by Gasteiger charge is 2.30. The number of H-pyrrole nitrogens is 1. The van der Waals surface area contributed by atoms with Crippen molar-refractivity contribution >= 4 is 28.1 Å². The lowest BCUT2D eigenvalue weighted by molar-refractivity contribution is 0.220. The molecule has 0 amide bonds. The van der Waals surface area contributed by atoms with E-state index in [1.807, 2.05) is 0 Å². The van der Waals surface area contributed by atoms with E-state index < -0.39 is 0 Å². The highest BCUT2D eigenvalue weighted by atomic mass is 79.9. The second-order valence-corrected chi connectivity index (χ2v) is 8.98.